The molecule has 1 amide bonds. The molecule has 21 heavy (non-hydrogen) atoms. The van der Waals surface area contributed by atoms with E-state index in [4.69, 9.17) is 9.47 Å². The third-order valence-electron chi connectivity index (χ3n) is 4.14. The minimum Gasteiger partial charge on any atom is -0.493 e. The van der Waals surface area contributed by atoms with Crippen LogP contribution in [-0.4, -0.2) is 57.2 Å². The van der Waals surface area contributed by atoms with Crippen molar-refractivity contribution in [1.82, 2.24) is 4.90 Å². The second-order valence-electron chi connectivity index (χ2n) is 5.67. The van der Waals surface area contributed by atoms with Gasteiger partial charge in [0.25, 0.3) is 5.91 Å². The largest absolute Gasteiger partial charge is 0.493 e. The van der Waals surface area contributed by atoms with Crippen molar-refractivity contribution in [3.8, 4) is 11.5 Å². The number of methoxy groups -OCH3 is 2. The Kier molecular flexibility index (Phi) is 5.07. The summed E-state index contributed by atoms with van der Waals surface area (Å²) in [5.41, 5.74) is 0.653. The highest BCUT2D eigenvalue weighted by molar-refractivity contribution is 5.95. The zero-order valence-corrected chi connectivity index (χ0v) is 13.3. The molecule has 1 fully saturated rings. The second-order valence-corrected chi connectivity index (χ2v) is 5.67. The van der Waals surface area contributed by atoms with Crippen LogP contribution in [0.4, 0.5) is 0 Å². The summed E-state index contributed by atoms with van der Waals surface area (Å²) in [6.45, 7) is 8.08. The van der Waals surface area contributed by atoms with Gasteiger partial charge < -0.3 is 19.3 Å². The first-order valence-corrected chi connectivity index (χ1v) is 7.42. The van der Waals surface area contributed by atoms with E-state index >= 15 is 0 Å². The number of amides is 1. The van der Waals surface area contributed by atoms with Crippen molar-refractivity contribution in [2.45, 2.75) is 19.9 Å². The molecule has 1 aromatic rings. The van der Waals surface area contributed by atoms with Crippen molar-refractivity contribution in [3.05, 3.63) is 23.8 Å². The van der Waals surface area contributed by atoms with Crippen LogP contribution < -0.4 is 14.4 Å². The summed E-state index contributed by atoms with van der Waals surface area (Å²) in [5.74, 6) is 1.30. The van der Waals surface area contributed by atoms with Gasteiger partial charge in [0.1, 0.15) is 0 Å². The summed E-state index contributed by atoms with van der Waals surface area (Å²) in [7, 11) is 3.17. The molecule has 0 bridgehead atoms. The minimum atomic E-state index is 0.0683. The van der Waals surface area contributed by atoms with E-state index in [2.05, 4.69) is 13.8 Å². The van der Waals surface area contributed by atoms with E-state index in [1.54, 1.807) is 37.3 Å². The molecule has 1 heterocycles. The zero-order chi connectivity index (χ0) is 15.4. The number of ether oxygens (including phenoxy) is 2. The van der Waals surface area contributed by atoms with Crippen LogP contribution in [0.2, 0.25) is 0 Å². The normalized spacial score (nSPS) is 16.1. The molecule has 1 aliphatic rings. The average molecular weight is 293 g/mol. The van der Waals surface area contributed by atoms with Crippen LogP contribution in [0.5, 0.6) is 11.5 Å². The summed E-state index contributed by atoms with van der Waals surface area (Å²) in [5, 5.41) is 0. The second kappa shape index (κ2) is 6.80. The molecule has 116 valence electrons. The summed E-state index contributed by atoms with van der Waals surface area (Å²) in [6.07, 6.45) is 0. The van der Waals surface area contributed by atoms with E-state index in [0.29, 0.717) is 23.1 Å². The van der Waals surface area contributed by atoms with Gasteiger partial charge in [-0.15, -0.1) is 0 Å². The van der Waals surface area contributed by atoms with Crippen molar-refractivity contribution in [3.63, 3.8) is 0 Å². The van der Waals surface area contributed by atoms with Crippen LogP contribution in [0, 0.1) is 0 Å². The first-order valence-electron chi connectivity index (χ1n) is 7.42. The topological polar surface area (TPSA) is 43.2 Å². The van der Waals surface area contributed by atoms with Crippen LogP contribution in [0.3, 0.4) is 0 Å². The molecule has 0 aromatic heterocycles. The van der Waals surface area contributed by atoms with Crippen molar-refractivity contribution in [1.29, 1.82) is 0 Å². The number of carbonyl (C=O) groups excluding carboxylic acids is 1. The number of piperazine rings is 1. The van der Waals surface area contributed by atoms with Crippen molar-refractivity contribution >= 4 is 5.91 Å². The fraction of sp³-hybridized carbons (Fsp3) is 0.562. The van der Waals surface area contributed by atoms with E-state index in [1.165, 1.54) is 0 Å². The molecule has 1 saturated heterocycles. The van der Waals surface area contributed by atoms with E-state index in [9.17, 15) is 4.79 Å². The molecule has 1 aromatic carbocycles. The Morgan fingerprint density at radius 1 is 1.14 bits per heavy atom. The number of quaternary nitrogens is 1. The van der Waals surface area contributed by atoms with Gasteiger partial charge in [0.2, 0.25) is 0 Å². The van der Waals surface area contributed by atoms with Crippen molar-refractivity contribution in [2.24, 2.45) is 0 Å². The molecule has 0 radical (unpaired) electrons. The molecule has 5 heteroatoms. The summed E-state index contributed by atoms with van der Waals surface area (Å²) >= 11 is 0. The van der Waals surface area contributed by atoms with Gasteiger partial charge in [-0.3, -0.25) is 4.79 Å². The van der Waals surface area contributed by atoms with Gasteiger partial charge in [-0.2, -0.15) is 0 Å². The third-order valence-corrected chi connectivity index (χ3v) is 4.14. The Hall–Kier alpha value is -1.75. The van der Waals surface area contributed by atoms with E-state index < -0.39 is 0 Å². The molecule has 2 rings (SSSR count). The van der Waals surface area contributed by atoms with E-state index in [-0.39, 0.29) is 5.91 Å². The Labute approximate surface area is 126 Å². The fourth-order valence-corrected chi connectivity index (χ4v) is 2.73. The van der Waals surface area contributed by atoms with Gasteiger partial charge in [0, 0.05) is 5.56 Å². The molecule has 0 saturated carbocycles. The SMILES string of the molecule is COc1ccc(C(=O)N2CC[NH+](C(C)C)CC2)cc1OC. The summed E-state index contributed by atoms with van der Waals surface area (Å²) < 4.78 is 10.5. The zero-order valence-electron chi connectivity index (χ0n) is 13.3. The lowest BCUT2D eigenvalue weighted by Crippen LogP contribution is -3.17. The third kappa shape index (κ3) is 3.47. The van der Waals surface area contributed by atoms with Crippen LogP contribution in [0.25, 0.3) is 0 Å². The number of hydrogen-bond donors (Lipinski definition) is 1. The van der Waals surface area contributed by atoms with E-state index in [0.717, 1.165) is 26.2 Å². The van der Waals surface area contributed by atoms with Crippen LogP contribution in [-0.2, 0) is 0 Å². The first kappa shape index (κ1) is 15.6. The standard InChI is InChI=1S/C16H24N2O3/c1-12(2)17-7-9-18(10-8-17)16(19)13-5-6-14(20-3)15(11-13)21-4/h5-6,11-12H,7-10H2,1-4H3/p+1. The number of carbonyl (C=O) groups is 1. The average Bonchev–Trinajstić information content (AvgIpc) is 2.53. The summed E-state index contributed by atoms with van der Waals surface area (Å²) in [4.78, 5) is 16.0. The van der Waals surface area contributed by atoms with Gasteiger partial charge in [0.15, 0.2) is 11.5 Å². The number of nitrogens with zero attached hydrogens (tertiary/aromatic N) is 1. The van der Waals surface area contributed by atoms with Gasteiger partial charge >= 0.3 is 0 Å². The van der Waals surface area contributed by atoms with Gasteiger partial charge in [-0.25, -0.2) is 0 Å². The molecule has 1 aliphatic heterocycles. The quantitative estimate of drug-likeness (QED) is 0.877. The van der Waals surface area contributed by atoms with Crippen LogP contribution in [0.15, 0.2) is 18.2 Å². The van der Waals surface area contributed by atoms with E-state index in [1.807, 2.05) is 4.90 Å². The maximum absolute atomic E-state index is 12.6. The van der Waals surface area contributed by atoms with Crippen molar-refractivity contribution in [2.75, 3.05) is 40.4 Å². The highest BCUT2D eigenvalue weighted by Crippen LogP contribution is 2.28. The van der Waals surface area contributed by atoms with Gasteiger partial charge in [0.05, 0.1) is 46.4 Å². The van der Waals surface area contributed by atoms with Crippen molar-refractivity contribution < 1.29 is 19.2 Å². The molecule has 0 aliphatic carbocycles. The Morgan fingerprint density at radius 2 is 1.76 bits per heavy atom. The molecule has 5 nitrogen and oxygen atoms in total. The lowest BCUT2D eigenvalue weighted by Gasteiger charge is -2.34. The van der Waals surface area contributed by atoms with Crippen LogP contribution in [0.1, 0.15) is 24.2 Å². The first-order chi connectivity index (χ1) is 10.1. The molecular weight excluding hydrogens is 268 g/mol. The monoisotopic (exact) mass is 293 g/mol. The van der Waals surface area contributed by atoms with Gasteiger partial charge in [-0.05, 0) is 32.0 Å². The lowest BCUT2D eigenvalue weighted by molar-refractivity contribution is -0.925. The number of nitrogens with one attached hydrogen (secondary N) is 1. The highest BCUT2D eigenvalue weighted by Gasteiger charge is 2.26. The Balaban J connectivity index is 2.07. The number of benzene rings is 1. The molecule has 0 atom stereocenters. The summed E-state index contributed by atoms with van der Waals surface area (Å²) in [6, 6.07) is 5.94. The predicted octanol–water partition coefficient (Wildman–Crippen LogP) is 0.453. The maximum Gasteiger partial charge on any atom is 0.254 e. The molecular formula is C16H25N2O3+. The Bertz CT molecular complexity index is 494. The number of rotatable bonds is 4. The predicted molar refractivity (Wildman–Crippen MR) is 81.3 cm³/mol. The molecule has 0 unspecified atom stereocenters. The lowest BCUT2D eigenvalue weighted by atomic mass is 10.1. The Morgan fingerprint density at radius 3 is 2.29 bits per heavy atom. The number of hydrogen-bond acceptors (Lipinski definition) is 3. The molecule has 1 N–H and O–H groups in total. The maximum atomic E-state index is 12.6. The van der Waals surface area contributed by atoms with Gasteiger partial charge in [-0.1, -0.05) is 0 Å². The molecule has 0 spiro atoms. The van der Waals surface area contributed by atoms with Crippen LogP contribution >= 0.6 is 0 Å². The fourth-order valence-electron chi connectivity index (χ4n) is 2.73. The minimum absolute atomic E-state index is 0.0683. The smallest absolute Gasteiger partial charge is 0.254 e. The highest BCUT2D eigenvalue weighted by atomic mass is 16.5.